The highest BCUT2D eigenvalue weighted by atomic mass is 32.1. The molecule has 0 spiro atoms. The summed E-state index contributed by atoms with van der Waals surface area (Å²) >= 11 is 1.19. The van der Waals surface area contributed by atoms with Crippen molar-refractivity contribution in [2.75, 3.05) is 19.6 Å². The zero-order chi connectivity index (χ0) is 15.2. The van der Waals surface area contributed by atoms with Gasteiger partial charge in [-0.05, 0) is 43.0 Å². The van der Waals surface area contributed by atoms with Crippen LogP contribution in [0.5, 0.6) is 0 Å². The SMILES string of the molecule is O=C(NC[C@@H](c1ccccc1)N1CCCCC1)c1csnn1. The van der Waals surface area contributed by atoms with E-state index >= 15 is 0 Å². The first kappa shape index (κ1) is 15.1. The van der Waals surface area contributed by atoms with Crippen molar-refractivity contribution in [2.24, 2.45) is 0 Å². The van der Waals surface area contributed by atoms with E-state index in [1.165, 1.54) is 36.4 Å². The zero-order valence-corrected chi connectivity index (χ0v) is 13.3. The maximum Gasteiger partial charge on any atom is 0.272 e. The lowest BCUT2D eigenvalue weighted by Gasteiger charge is -2.35. The second-order valence-corrected chi connectivity index (χ2v) is 6.13. The molecule has 1 atom stereocenters. The van der Waals surface area contributed by atoms with E-state index < -0.39 is 0 Å². The van der Waals surface area contributed by atoms with Gasteiger partial charge in [0.1, 0.15) is 0 Å². The first-order valence-electron chi connectivity index (χ1n) is 7.69. The van der Waals surface area contributed by atoms with E-state index in [0.717, 1.165) is 13.1 Å². The summed E-state index contributed by atoms with van der Waals surface area (Å²) < 4.78 is 3.74. The van der Waals surface area contributed by atoms with E-state index in [2.05, 4.69) is 44.1 Å². The molecule has 1 aromatic carbocycles. The average Bonchev–Trinajstić information content (AvgIpc) is 3.11. The molecule has 1 aliphatic heterocycles. The molecule has 0 radical (unpaired) electrons. The molecule has 5 nitrogen and oxygen atoms in total. The van der Waals surface area contributed by atoms with Crippen molar-refractivity contribution < 1.29 is 4.79 Å². The van der Waals surface area contributed by atoms with Crippen molar-refractivity contribution in [1.82, 2.24) is 19.8 Å². The van der Waals surface area contributed by atoms with E-state index in [1.54, 1.807) is 5.38 Å². The van der Waals surface area contributed by atoms with Gasteiger partial charge in [-0.1, -0.05) is 41.2 Å². The zero-order valence-electron chi connectivity index (χ0n) is 12.4. The van der Waals surface area contributed by atoms with Crippen LogP contribution in [0.4, 0.5) is 0 Å². The van der Waals surface area contributed by atoms with Gasteiger partial charge in [-0.2, -0.15) is 0 Å². The Labute approximate surface area is 134 Å². The molecule has 0 saturated carbocycles. The number of aromatic nitrogens is 2. The first-order valence-corrected chi connectivity index (χ1v) is 8.52. The van der Waals surface area contributed by atoms with Crippen LogP contribution in [0.15, 0.2) is 35.7 Å². The van der Waals surface area contributed by atoms with E-state index in [-0.39, 0.29) is 11.9 Å². The van der Waals surface area contributed by atoms with E-state index in [9.17, 15) is 4.79 Å². The number of hydrogen-bond donors (Lipinski definition) is 1. The fourth-order valence-corrected chi connectivity index (χ4v) is 3.34. The molecule has 0 bridgehead atoms. The van der Waals surface area contributed by atoms with Crippen LogP contribution in [0.1, 0.15) is 41.4 Å². The van der Waals surface area contributed by atoms with Gasteiger partial charge in [0, 0.05) is 11.9 Å². The lowest BCUT2D eigenvalue weighted by Crippen LogP contribution is -2.40. The Morgan fingerprint density at radius 3 is 2.68 bits per heavy atom. The van der Waals surface area contributed by atoms with Crippen LogP contribution in [0.3, 0.4) is 0 Å². The van der Waals surface area contributed by atoms with Crippen LogP contribution in [-0.4, -0.2) is 40.0 Å². The average molecular weight is 316 g/mol. The van der Waals surface area contributed by atoms with E-state index in [1.807, 2.05) is 6.07 Å². The number of piperidine rings is 1. The second kappa shape index (κ2) is 7.47. The lowest BCUT2D eigenvalue weighted by molar-refractivity contribution is 0.0919. The Bertz CT molecular complexity index is 581. The lowest BCUT2D eigenvalue weighted by atomic mass is 10.0. The summed E-state index contributed by atoms with van der Waals surface area (Å²) in [7, 11) is 0. The number of nitrogens with zero attached hydrogens (tertiary/aromatic N) is 3. The molecule has 1 aromatic heterocycles. The molecule has 1 aliphatic rings. The Balaban J connectivity index is 1.69. The number of hydrogen-bond acceptors (Lipinski definition) is 5. The van der Waals surface area contributed by atoms with Crippen molar-refractivity contribution in [2.45, 2.75) is 25.3 Å². The number of carbonyl (C=O) groups is 1. The normalized spacial score (nSPS) is 17.1. The van der Waals surface area contributed by atoms with Gasteiger partial charge >= 0.3 is 0 Å². The third-order valence-electron chi connectivity index (χ3n) is 4.06. The third-order valence-corrected chi connectivity index (χ3v) is 4.57. The van der Waals surface area contributed by atoms with E-state index in [0.29, 0.717) is 12.2 Å². The topological polar surface area (TPSA) is 58.1 Å². The summed E-state index contributed by atoms with van der Waals surface area (Å²) in [4.78, 5) is 14.6. The molecular formula is C16H20N4OS. The number of likely N-dealkylation sites (tertiary alicyclic amines) is 1. The van der Waals surface area contributed by atoms with Gasteiger partial charge in [-0.3, -0.25) is 9.69 Å². The van der Waals surface area contributed by atoms with Gasteiger partial charge in [-0.25, -0.2) is 0 Å². The quantitative estimate of drug-likeness (QED) is 0.921. The summed E-state index contributed by atoms with van der Waals surface area (Å²) in [5.41, 5.74) is 1.65. The summed E-state index contributed by atoms with van der Waals surface area (Å²) in [6.45, 7) is 2.78. The number of rotatable bonds is 5. The Hall–Kier alpha value is -1.79. The molecule has 22 heavy (non-hydrogen) atoms. The minimum Gasteiger partial charge on any atom is -0.349 e. The summed E-state index contributed by atoms with van der Waals surface area (Å²) in [6, 6.07) is 10.6. The Kier molecular flexibility index (Phi) is 5.13. The molecule has 1 saturated heterocycles. The monoisotopic (exact) mass is 316 g/mol. The number of nitrogens with one attached hydrogen (secondary N) is 1. The van der Waals surface area contributed by atoms with Gasteiger partial charge in [-0.15, -0.1) is 5.10 Å². The highest BCUT2D eigenvalue weighted by molar-refractivity contribution is 7.03. The maximum atomic E-state index is 12.1. The van der Waals surface area contributed by atoms with Crippen LogP contribution < -0.4 is 5.32 Å². The van der Waals surface area contributed by atoms with Crippen LogP contribution in [0.25, 0.3) is 0 Å². The Morgan fingerprint density at radius 1 is 1.23 bits per heavy atom. The summed E-state index contributed by atoms with van der Waals surface area (Å²) in [5, 5.41) is 8.50. The number of carbonyl (C=O) groups excluding carboxylic acids is 1. The molecule has 2 aromatic rings. The third kappa shape index (κ3) is 3.69. The van der Waals surface area contributed by atoms with Gasteiger partial charge in [0.25, 0.3) is 5.91 Å². The fraction of sp³-hybridized carbons (Fsp3) is 0.438. The molecule has 6 heteroatoms. The van der Waals surface area contributed by atoms with Crippen molar-refractivity contribution in [3.63, 3.8) is 0 Å². The predicted molar refractivity (Wildman–Crippen MR) is 86.8 cm³/mol. The molecule has 2 heterocycles. The number of amides is 1. The van der Waals surface area contributed by atoms with Crippen molar-refractivity contribution >= 4 is 17.4 Å². The predicted octanol–water partition coefficient (Wildman–Crippen LogP) is 2.50. The highest BCUT2D eigenvalue weighted by Crippen LogP contribution is 2.24. The molecular weight excluding hydrogens is 296 g/mol. The maximum absolute atomic E-state index is 12.1. The van der Waals surface area contributed by atoms with Gasteiger partial charge in [0.05, 0.1) is 6.04 Å². The van der Waals surface area contributed by atoms with Gasteiger partial charge < -0.3 is 5.32 Å². The Morgan fingerprint density at radius 2 is 2.00 bits per heavy atom. The molecule has 3 rings (SSSR count). The molecule has 116 valence electrons. The van der Waals surface area contributed by atoms with Crippen LogP contribution >= 0.6 is 11.5 Å². The highest BCUT2D eigenvalue weighted by Gasteiger charge is 2.23. The fourth-order valence-electron chi connectivity index (χ4n) is 2.91. The molecule has 0 aliphatic carbocycles. The summed E-state index contributed by atoms with van der Waals surface area (Å²) in [5.74, 6) is -0.147. The smallest absolute Gasteiger partial charge is 0.272 e. The molecule has 1 N–H and O–H groups in total. The number of benzene rings is 1. The van der Waals surface area contributed by atoms with Crippen LogP contribution in [0.2, 0.25) is 0 Å². The second-order valence-electron chi connectivity index (χ2n) is 5.52. The molecule has 1 fully saturated rings. The van der Waals surface area contributed by atoms with E-state index in [4.69, 9.17) is 0 Å². The van der Waals surface area contributed by atoms with Crippen LogP contribution in [0, 0.1) is 0 Å². The minimum absolute atomic E-state index is 0.147. The van der Waals surface area contributed by atoms with Crippen molar-refractivity contribution in [3.05, 3.63) is 47.0 Å². The molecule has 1 amide bonds. The largest absolute Gasteiger partial charge is 0.349 e. The minimum atomic E-state index is -0.147. The first-order chi connectivity index (χ1) is 10.8. The standard InChI is InChI=1S/C16H20N4OS/c21-16(14-12-22-19-18-14)17-11-15(13-7-3-1-4-8-13)20-9-5-2-6-10-20/h1,3-4,7-8,12,15H,2,5-6,9-11H2,(H,17,21)/t15-/m0/s1. The summed E-state index contributed by atoms with van der Waals surface area (Å²) in [6.07, 6.45) is 3.76. The van der Waals surface area contributed by atoms with Crippen molar-refractivity contribution in [3.8, 4) is 0 Å². The van der Waals surface area contributed by atoms with Gasteiger partial charge in [0.2, 0.25) is 0 Å². The van der Waals surface area contributed by atoms with Crippen LogP contribution in [-0.2, 0) is 0 Å². The van der Waals surface area contributed by atoms with Gasteiger partial charge in [0.15, 0.2) is 5.69 Å². The molecule has 0 unspecified atom stereocenters. The van der Waals surface area contributed by atoms with Crippen molar-refractivity contribution in [1.29, 1.82) is 0 Å².